The predicted octanol–water partition coefficient (Wildman–Crippen LogP) is 4.77. The molecule has 1 aromatic carbocycles. The molecule has 0 spiro atoms. The van der Waals surface area contributed by atoms with Gasteiger partial charge in [0.2, 0.25) is 0 Å². The standard InChI is InChI=1S/C24H26BrFN4O/c1-15-11-17(24(31)28(2)3)12-21(26)22(15)16-6-9-30(10-7-16)14-18-13-19-20(25)5-8-27-23(19)29(18)4/h5-6,8,11-13H,7,9-10,14H2,1-4H3. The highest BCUT2D eigenvalue weighted by Crippen LogP contribution is 2.30. The van der Waals surface area contributed by atoms with E-state index in [0.717, 1.165) is 52.7 Å². The smallest absolute Gasteiger partial charge is 0.253 e. The van der Waals surface area contributed by atoms with E-state index in [-0.39, 0.29) is 11.7 Å². The molecule has 0 unspecified atom stereocenters. The molecule has 1 aliphatic heterocycles. The minimum Gasteiger partial charge on any atom is -0.345 e. The topological polar surface area (TPSA) is 41.4 Å². The molecular formula is C24H26BrFN4O. The van der Waals surface area contributed by atoms with Crippen LogP contribution >= 0.6 is 15.9 Å². The Bertz CT molecular complexity index is 1170. The van der Waals surface area contributed by atoms with Crippen molar-refractivity contribution >= 4 is 38.4 Å². The Morgan fingerprint density at radius 1 is 1.29 bits per heavy atom. The molecule has 1 amide bonds. The van der Waals surface area contributed by atoms with Crippen LogP contribution in [-0.2, 0) is 13.6 Å². The van der Waals surface area contributed by atoms with Gasteiger partial charge < -0.3 is 9.47 Å². The van der Waals surface area contributed by atoms with Crippen molar-refractivity contribution in [3.63, 3.8) is 0 Å². The van der Waals surface area contributed by atoms with Gasteiger partial charge in [-0.1, -0.05) is 6.08 Å². The third-order valence-electron chi connectivity index (χ3n) is 5.92. The van der Waals surface area contributed by atoms with Crippen LogP contribution < -0.4 is 0 Å². The van der Waals surface area contributed by atoms with Gasteiger partial charge in [-0.25, -0.2) is 9.37 Å². The number of carbonyl (C=O) groups is 1. The van der Waals surface area contributed by atoms with Crippen LogP contribution in [0, 0.1) is 12.7 Å². The molecule has 31 heavy (non-hydrogen) atoms. The molecule has 0 fully saturated rings. The summed E-state index contributed by atoms with van der Waals surface area (Å²) in [6, 6.07) is 7.28. The summed E-state index contributed by atoms with van der Waals surface area (Å²) >= 11 is 3.60. The largest absolute Gasteiger partial charge is 0.345 e. The lowest BCUT2D eigenvalue weighted by molar-refractivity contribution is 0.0827. The molecule has 2 aromatic heterocycles. The number of pyridine rings is 1. The lowest BCUT2D eigenvalue weighted by Crippen LogP contribution is -2.29. The fourth-order valence-electron chi connectivity index (χ4n) is 4.23. The molecule has 3 heterocycles. The van der Waals surface area contributed by atoms with Crippen molar-refractivity contribution in [1.29, 1.82) is 0 Å². The van der Waals surface area contributed by atoms with Crippen molar-refractivity contribution in [2.75, 3.05) is 27.2 Å². The van der Waals surface area contributed by atoms with Gasteiger partial charge in [0.1, 0.15) is 11.5 Å². The van der Waals surface area contributed by atoms with E-state index in [1.54, 1.807) is 26.4 Å². The highest BCUT2D eigenvalue weighted by Gasteiger charge is 2.21. The number of nitrogens with zero attached hydrogens (tertiary/aromatic N) is 4. The summed E-state index contributed by atoms with van der Waals surface area (Å²) in [7, 11) is 5.38. The molecule has 0 saturated heterocycles. The average molecular weight is 485 g/mol. The first-order chi connectivity index (χ1) is 14.8. The van der Waals surface area contributed by atoms with Gasteiger partial charge in [-0.3, -0.25) is 9.69 Å². The first-order valence-electron chi connectivity index (χ1n) is 10.3. The first-order valence-corrected chi connectivity index (χ1v) is 11.1. The monoisotopic (exact) mass is 484 g/mol. The fourth-order valence-corrected chi connectivity index (χ4v) is 4.64. The zero-order chi connectivity index (χ0) is 22.3. The van der Waals surface area contributed by atoms with Gasteiger partial charge in [0.15, 0.2) is 0 Å². The highest BCUT2D eigenvalue weighted by molar-refractivity contribution is 9.10. The zero-order valence-electron chi connectivity index (χ0n) is 18.2. The minimum atomic E-state index is -0.325. The number of amides is 1. The fraction of sp³-hybridized carbons (Fsp3) is 0.333. The summed E-state index contributed by atoms with van der Waals surface area (Å²) < 4.78 is 18.1. The van der Waals surface area contributed by atoms with Crippen LogP contribution in [0.5, 0.6) is 0 Å². The molecule has 7 heteroatoms. The highest BCUT2D eigenvalue weighted by atomic mass is 79.9. The van der Waals surface area contributed by atoms with E-state index in [9.17, 15) is 9.18 Å². The van der Waals surface area contributed by atoms with Crippen LogP contribution in [0.1, 0.15) is 33.6 Å². The van der Waals surface area contributed by atoms with Gasteiger partial charge in [0.25, 0.3) is 5.91 Å². The Morgan fingerprint density at radius 3 is 2.68 bits per heavy atom. The molecule has 0 atom stereocenters. The minimum absolute atomic E-state index is 0.187. The van der Waals surface area contributed by atoms with Gasteiger partial charge in [-0.15, -0.1) is 0 Å². The van der Waals surface area contributed by atoms with Crippen LogP contribution in [0.25, 0.3) is 16.6 Å². The second kappa shape index (κ2) is 8.55. The Hall–Kier alpha value is -2.51. The van der Waals surface area contributed by atoms with Gasteiger partial charge in [0.05, 0.1) is 0 Å². The van der Waals surface area contributed by atoms with Crippen LogP contribution in [0.4, 0.5) is 4.39 Å². The number of aromatic nitrogens is 2. The lowest BCUT2D eigenvalue weighted by Gasteiger charge is -2.27. The van der Waals surface area contributed by atoms with E-state index in [4.69, 9.17) is 0 Å². The lowest BCUT2D eigenvalue weighted by atomic mass is 9.93. The molecule has 0 N–H and O–H groups in total. The van der Waals surface area contributed by atoms with Crippen molar-refractivity contribution < 1.29 is 9.18 Å². The maximum absolute atomic E-state index is 14.9. The summed E-state index contributed by atoms with van der Waals surface area (Å²) in [5.41, 5.74) is 4.99. The Morgan fingerprint density at radius 2 is 2.06 bits per heavy atom. The number of hydrogen-bond acceptors (Lipinski definition) is 3. The van der Waals surface area contributed by atoms with Crippen LogP contribution in [0.15, 0.2) is 41.0 Å². The molecule has 4 rings (SSSR count). The summed E-state index contributed by atoms with van der Waals surface area (Å²) in [6.45, 7) is 4.28. The second-order valence-corrected chi connectivity index (χ2v) is 9.14. The Labute approximate surface area is 190 Å². The molecule has 1 aliphatic rings. The van der Waals surface area contributed by atoms with E-state index < -0.39 is 0 Å². The Balaban J connectivity index is 1.53. The summed E-state index contributed by atoms with van der Waals surface area (Å²) in [6.07, 6.45) is 4.68. The van der Waals surface area contributed by atoms with Crippen molar-refractivity contribution in [2.45, 2.75) is 19.9 Å². The quantitative estimate of drug-likeness (QED) is 0.535. The summed E-state index contributed by atoms with van der Waals surface area (Å²) in [5.74, 6) is -0.511. The maximum Gasteiger partial charge on any atom is 0.253 e. The molecule has 0 bridgehead atoms. The zero-order valence-corrected chi connectivity index (χ0v) is 19.8. The van der Waals surface area contributed by atoms with Crippen LogP contribution in [0.3, 0.4) is 0 Å². The van der Waals surface area contributed by atoms with Crippen LogP contribution in [0.2, 0.25) is 0 Å². The number of aryl methyl sites for hydroxylation is 2. The molecule has 3 aromatic rings. The number of carbonyl (C=O) groups excluding carboxylic acids is 1. The summed E-state index contributed by atoms with van der Waals surface area (Å²) in [4.78, 5) is 20.5. The van der Waals surface area contributed by atoms with E-state index in [1.807, 2.05) is 20.0 Å². The number of halogens is 2. The molecule has 5 nitrogen and oxygen atoms in total. The van der Waals surface area contributed by atoms with Gasteiger partial charge in [-0.05, 0) is 64.7 Å². The molecule has 162 valence electrons. The van der Waals surface area contributed by atoms with Crippen molar-refractivity contribution in [1.82, 2.24) is 19.4 Å². The number of benzene rings is 1. The number of hydrogen-bond donors (Lipinski definition) is 0. The normalized spacial score (nSPS) is 14.7. The van der Waals surface area contributed by atoms with E-state index >= 15 is 0 Å². The second-order valence-electron chi connectivity index (χ2n) is 8.29. The Kier molecular flexibility index (Phi) is 5.99. The third-order valence-corrected chi connectivity index (χ3v) is 6.61. The van der Waals surface area contributed by atoms with Crippen molar-refractivity contribution in [3.8, 4) is 0 Å². The number of rotatable bonds is 4. The molecule has 0 aliphatic carbocycles. The van der Waals surface area contributed by atoms with Crippen molar-refractivity contribution in [3.05, 3.63) is 69.2 Å². The van der Waals surface area contributed by atoms with Crippen LogP contribution in [-0.4, -0.2) is 52.4 Å². The molecular weight excluding hydrogens is 459 g/mol. The first kappa shape index (κ1) is 21.7. The summed E-state index contributed by atoms with van der Waals surface area (Å²) in [5, 5.41) is 1.11. The van der Waals surface area contributed by atoms with Gasteiger partial charge in [-0.2, -0.15) is 0 Å². The molecule has 0 radical (unpaired) electrons. The van der Waals surface area contributed by atoms with E-state index in [0.29, 0.717) is 11.1 Å². The molecule has 0 saturated carbocycles. The van der Waals surface area contributed by atoms with Gasteiger partial charge >= 0.3 is 0 Å². The predicted molar refractivity (Wildman–Crippen MR) is 125 cm³/mol. The third kappa shape index (κ3) is 4.16. The van der Waals surface area contributed by atoms with Crippen molar-refractivity contribution in [2.24, 2.45) is 7.05 Å². The van der Waals surface area contributed by atoms with E-state index in [1.165, 1.54) is 16.7 Å². The maximum atomic E-state index is 14.9. The number of fused-ring (bicyclic) bond motifs is 1. The van der Waals surface area contributed by atoms with E-state index in [2.05, 4.69) is 42.5 Å². The SMILES string of the molecule is Cc1cc(C(=O)N(C)C)cc(F)c1C1=CCN(Cc2cc3c(Br)ccnc3n2C)CC1. The average Bonchev–Trinajstić information content (AvgIpc) is 3.05. The van der Waals surface area contributed by atoms with Gasteiger partial charge in [0, 0.05) is 73.7 Å².